The lowest BCUT2D eigenvalue weighted by molar-refractivity contribution is -0.116. The molecule has 1 aliphatic rings. The Morgan fingerprint density at radius 1 is 0.889 bits per heavy atom. The summed E-state index contributed by atoms with van der Waals surface area (Å²) >= 11 is 2.83. The van der Waals surface area contributed by atoms with Crippen LogP contribution in [0.2, 0.25) is 0 Å². The minimum Gasteiger partial charge on any atom is -0.300 e. The number of nitrogens with one attached hydrogen (secondary N) is 2. The first-order valence-corrected chi connectivity index (χ1v) is 13.2. The van der Waals surface area contributed by atoms with Crippen LogP contribution >= 0.6 is 22.7 Å². The Hall–Kier alpha value is -3.64. The van der Waals surface area contributed by atoms with E-state index in [0.29, 0.717) is 27.8 Å². The second kappa shape index (κ2) is 11.0. The quantitative estimate of drug-likeness (QED) is 0.342. The van der Waals surface area contributed by atoms with Gasteiger partial charge in [-0.05, 0) is 49.4 Å². The molecular weight excluding hydrogens is 496 g/mol. The van der Waals surface area contributed by atoms with E-state index in [1.807, 2.05) is 37.3 Å². The molecule has 36 heavy (non-hydrogen) atoms. The molecule has 1 fully saturated rings. The van der Waals surface area contributed by atoms with Crippen molar-refractivity contribution in [2.45, 2.75) is 44.9 Å². The number of carbonyl (C=O) groups is 2. The van der Waals surface area contributed by atoms with Gasteiger partial charge < -0.3 is 10.6 Å². The van der Waals surface area contributed by atoms with E-state index in [9.17, 15) is 9.59 Å². The van der Waals surface area contributed by atoms with Crippen LogP contribution in [0.3, 0.4) is 0 Å². The monoisotopic (exact) mass is 520 g/mol. The maximum Gasteiger partial charge on any atom is 0.232 e. The second-order valence-corrected chi connectivity index (χ2v) is 10.9. The van der Waals surface area contributed by atoms with Crippen molar-refractivity contribution in [1.82, 2.24) is 30.4 Å². The number of aromatic nitrogens is 6. The second-order valence-electron chi connectivity index (χ2n) is 8.78. The Kier molecular flexibility index (Phi) is 7.33. The lowest BCUT2D eigenvalue weighted by Crippen LogP contribution is -2.23. The Labute approximate surface area is 215 Å². The van der Waals surface area contributed by atoms with E-state index in [-0.39, 0.29) is 24.7 Å². The third kappa shape index (κ3) is 6.32. The van der Waals surface area contributed by atoms with E-state index in [1.165, 1.54) is 22.7 Å². The van der Waals surface area contributed by atoms with E-state index < -0.39 is 0 Å². The SMILES string of the molecule is Cc1ccc(CC(=O)Nc2nnc(C[C@H]3C[C@@H](c4nnc(NC(=O)Cc5ccccn5)s4)C3)s2)nc1. The van der Waals surface area contributed by atoms with Gasteiger partial charge in [0, 0.05) is 36.1 Å². The van der Waals surface area contributed by atoms with Gasteiger partial charge >= 0.3 is 0 Å². The molecule has 4 aromatic rings. The zero-order valence-corrected chi connectivity index (χ0v) is 21.2. The molecule has 10 nitrogen and oxygen atoms in total. The summed E-state index contributed by atoms with van der Waals surface area (Å²) in [6, 6.07) is 9.28. The first kappa shape index (κ1) is 24.1. The molecule has 0 spiro atoms. The van der Waals surface area contributed by atoms with Crippen LogP contribution in [-0.2, 0) is 28.9 Å². The summed E-state index contributed by atoms with van der Waals surface area (Å²) in [6.45, 7) is 1.96. The number of nitrogens with zero attached hydrogens (tertiary/aromatic N) is 6. The molecule has 5 rings (SSSR count). The summed E-state index contributed by atoms with van der Waals surface area (Å²) < 4.78 is 0. The molecule has 0 aliphatic heterocycles. The average molecular weight is 521 g/mol. The molecule has 2 N–H and O–H groups in total. The van der Waals surface area contributed by atoms with Gasteiger partial charge in [-0.2, -0.15) is 0 Å². The highest BCUT2D eigenvalue weighted by Crippen LogP contribution is 2.44. The molecule has 0 bridgehead atoms. The Bertz CT molecular complexity index is 1330. The van der Waals surface area contributed by atoms with Crippen molar-refractivity contribution in [3.8, 4) is 0 Å². The lowest BCUT2D eigenvalue weighted by atomic mass is 9.74. The van der Waals surface area contributed by atoms with Crippen LogP contribution in [0.4, 0.5) is 10.3 Å². The zero-order chi connectivity index (χ0) is 24.9. The third-order valence-corrected chi connectivity index (χ3v) is 7.69. The predicted octanol–water partition coefficient (Wildman–Crippen LogP) is 3.59. The number of aryl methyl sites for hydroxylation is 1. The minimum atomic E-state index is -0.156. The largest absolute Gasteiger partial charge is 0.300 e. The van der Waals surface area contributed by atoms with Crippen LogP contribution in [0.15, 0.2) is 42.7 Å². The third-order valence-electron chi connectivity index (χ3n) is 5.83. The van der Waals surface area contributed by atoms with Crippen LogP contribution in [0.5, 0.6) is 0 Å². The van der Waals surface area contributed by atoms with Crippen LogP contribution in [0.25, 0.3) is 0 Å². The molecule has 2 amide bonds. The molecule has 1 aliphatic carbocycles. The Morgan fingerprint density at radius 3 is 2.31 bits per heavy atom. The van der Waals surface area contributed by atoms with Gasteiger partial charge in [0.2, 0.25) is 22.1 Å². The number of pyridine rings is 2. The van der Waals surface area contributed by atoms with Crippen molar-refractivity contribution in [1.29, 1.82) is 0 Å². The molecule has 1 saturated carbocycles. The highest BCUT2D eigenvalue weighted by Gasteiger charge is 2.33. The smallest absolute Gasteiger partial charge is 0.232 e. The van der Waals surface area contributed by atoms with E-state index in [2.05, 4.69) is 41.0 Å². The van der Waals surface area contributed by atoms with Gasteiger partial charge in [0.25, 0.3) is 0 Å². The fourth-order valence-corrected chi connectivity index (χ4v) is 5.71. The van der Waals surface area contributed by atoms with Crippen LogP contribution in [-0.4, -0.2) is 42.2 Å². The van der Waals surface area contributed by atoms with Gasteiger partial charge in [0.1, 0.15) is 10.0 Å². The summed E-state index contributed by atoms with van der Waals surface area (Å²) in [5.74, 6) is 0.506. The van der Waals surface area contributed by atoms with Gasteiger partial charge in [0.15, 0.2) is 0 Å². The topological polar surface area (TPSA) is 136 Å². The summed E-state index contributed by atoms with van der Waals surface area (Å²) in [7, 11) is 0. The molecule has 4 aromatic heterocycles. The highest BCUT2D eigenvalue weighted by molar-refractivity contribution is 7.15. The number of anilines is 2. The van der Waals surface area contributed by atoms with Crippen molar-refractivity contribution >= 4 is 44.8 Å². The Morgan fingerprint density at radius 2 is 1.61 bits per heavy atom. The molecule has 0 atom stereocenters. The minimum absolute atomic E-state index is 0.155. The summed E-state index contributed by atoms with van der Waals surface area (Å²) in [5, 5.41) is 25.2. The number of rotatable bonds is 9. The van der Waals surface area contributed by atoms with Gasteiger partial charge in [-0.15, -0.1) is 20.4 Å². The lowest BCUT2D eigenvalue weighted by Gasteiger charge is -2.32. The molecule has 184 valence electrons. The van der Waals surface area contributed by atoms with Gasteiger partial charge in [-0.1, -0.05) is 34.8 Å². The normalized spacial score (nSPS) is 16.8. The number of hydrogen-bond donors (Lipinski definition) is 2. The standard InChI is InChI=1S/C24H24N8O2S2/c1-14-5-6-18(26-13-14)12-20(34)27-23-31-29-21(35-23)10-15-8-16(9-15)22-30-32-24(36-22)28-19(33)11-17-4-2-3-7-25-17/h2-7,13,15-16H,8-12H2,1H3,(H,27,31,34)(H,28,32,33)/t15-,16+. The number of hydrogen-bond acceptors (Lipinski definition) is 10. The first-order chi connectivity index (χ1) is 17.5. The van der Waals surface area contributed by atoms with Crippen molar-refractivity contribution in [3.63, 3.8) is 0 Å². The molecule has 4 heterocycles. The average Bonchev–Trinajstić information content (AvgIpc) is 3.47. The summed E-state index contributed by atoms with van der Waals surface area (Å²) in [5.41, 5.74) is 2.49. The molecule has 0 unspecified atom stereocenters. The molecule has 0 radical (unpaired) electrons. The van der Waals surface area contributed by atoms with Gasteiger partial charge in [0.05, 0.1) is 12.8 Å². The summed E-state index contributed by atoms with van der Waals surface area (Å²) in [4.78, 5) is 32.9. The van der Waals surface area contributed by atoms with Crippen LogP contribution in [0.1, 0.15) is 45.7 Å². The molecule has 0 saturated heterocycles. The fourth-order valence-electron chi connectivity index (χ4n) is 3.95. The van der Waals surface area contributed by atoms with Crippen molar-refractivity contribution in [2.75, 3.05) is 10.6 Å². The molecule has 0 aromatic carbocycles. The Balaban J connectivity index is 1.05. The van der Waals surface area contributed by atoms with Crippen LogP contribution in [0, 0.1) is 12.8 Å². The first-order valence-electron chi connectivity index (χ1n) is 11.6. The van der Waals surface area contributed by atoms with E-state index >= 15 is 0 Å². The van der Waals surface area contributed by atoms with E-state index in [4.69, 9.17) is 0 Å². The maximum atomic E-state index is 12.3. The maximum absolute atomic E-state index is 12.3. The summed E-state index contributed by atoms with van der Waals surface area (Å²) in [6.07, 6.45) is 6.60. The van der Waals surface area contributed by atoms with Crippen molar-refractivity contribution in [2.24, 2.45) is 5.92 Å². The van der Waals surface area contributed by atoms with Crippen molar-refractivity contribution in [3.05, 3.63) is 69.7 Å². The fraction of sp³-hybridized carbons (Fsp3) is 0.333. The molecule has 12 heteroatoms. The predicted molar refractivity (Wildman–Crippen MR) is 137 cm³/mol. The van der Waals surface area contributed by atoms with Crippen LogP contribution < -0.4 is 10.6 Å². The number of amides is 2. The van der Waals surface area contributed by atoms with Gasteiger partial charge in [-0.25, -0.2) is 0 Å². The van der Waals surface area contributed by atoms with Crippen molar-refractivity contribution < 1.29 is 9.59 Å². The van der Waals surface area contributed by atoms with Gasteiger partial charge in [-0.3, -0.25) is 19.6 Å². The highest BCUT2D eigenvalue weighted by atomic mass is 32.1. The molecular formula is C24H24N8O2S2. The van der Waals surface area contributed by atoms with E-state index in [0.717, 1.165) is 40.5 Å². The van der Waals surface area contributed by atoms with E-state index in [1.54, 1.807) is 12.4 Å². The zero-order valence-electron chi connectivity index (χ0n) is 19.5. The number of carbonyl (C=O) groups excluding carboxylic acids is 2.